The first-order chi connectivity index (χ1) is 14.0. The van der Waals surface area contributed by atoms with Gasteiger partial charge in [-0.05, 0) is 30.3 Å². The number of esters is 1. The van der Waals surface area contributed by atoms with E-state index in [9.17, 15) is 19.2 Å². The van der Waals surface area contributed by atoms with Crippen molar-refractivity contribution in [1.29, 1.82) is 0 Å². The molecule has 0 aliphatic carbocycles. The van der Waals surface area contributed by atoms with Gasteiger partial charge in [0.2, 0.25) is 11.8 Å². The molecule has 1 N–H and O–H groups in total. The van der Waals surface area contributed by atoms with Gasteiger partial charge in [-0.1, -0.05) is 18.2 Å². The number of anilines is 2. The number of amides is 3. The third-order valence-electron chi connectivity index (χ3n) is 4.65. The number of rotatable bonds is 4. The molecule has 29 heavy (non-hydrogen) atoms. The largest absolute Gasteiger partial charge is 0.465 e. The summed E-state index contributed by atoms with van der Waals surface area (Å²) in [7, 11) is 1.29. The minimum absolute atomic E-state index is 0.198. The minimum Gasteiger partial charge on any atom is -0.465 e. The van der Waals surface area contributed by atoms with Gasteiger partial charge in [-0.2, -0.15) is 0 Å². The lowest BCUT2D eigenvalue weighted by molar-refractivity contribution is -0.121. The summed E-state index contributed by atoms with van der Waals surface area (Å²) in [6.07, 6.45) is 0.395. The summed E-state index contributed by atoms with van der Waals surface area (Å²) in [4.78, 5) is 49.8. The summed E-state index contributed by atoms with van der Waals surface area (Å²) in [5.41, 5.74) is 1.08. The molecule has 3 aromatic rings. The van der Waals surface area contributed by atoms with Crippen LogP contribution in [0, 0.1) is 0 Å². The molecule has 1 aliphatic heterocycles. The Morgan fingerprint density at radius 1 is 1.00 bits per heavy atom. The van der Waals surface area contributed by atoms with Gasteiger partial charge in [0.1, 0.15) is 10.6 Å². The molecule has 2 aromatic carbocycles. The average molecular weight is 408 g/mol. The van der Waals surface area contributed by atoms with Crippen molar-refractivity contribution >= 4 is 55.8 Å². The molecule has 2 heterocycles. The Morgan fingerprint density at radius 2 is 1.66 bits per heavy atom. The second-order valence-electron chi connectivity index (χ2n) is 6.42. The van der Waals surface area contributed by atoms with Crippen LogP contribution < -0.4 is 10.2 Å². The standard InChI is InChI=1S/C21H16N2O5S/c1-28-21(27)18-14-4-2-3-5-15(14)29-20(18)22-19(26)12-6-8-13(9-7-12)23-16(24)10-11-17(23)25/h2-9H,10-11H2,1H3,(H,22,26). The van der Waals surface area contributed by atoms with E-state index in [0.717, 1.165) is 9.60 Å². The van der Waals surface area contributed by atoms with Gasteiger partial charge in [-0.3, -0.25) is 19.3 Å². The number of benzene rings is 2. The molecule has 1 saturated heterocycles. The third-order valence-corrected chi connectivity index (χ3v) is 5.74. The van der Waals surface area contributed by atoms with E-state index in [2.05, 4.69) is 5.32 Å². The Balaban J connectivity index is 1.61. The summed E-state index contributed by atoms with van der Waals surface area (Å²) in [6, 6.07) is 13.5. The summed E-state index contributed by atoms with van der Waals surface area (Å²) in [5.74, 6) is -1.44. The SMILES string of the molecule is COC(=O)c1c(NC(=O)c2ccc(N3C(=O)CCC3=O)cc2)sc2ccccc12. The van der Waals surface area contributed by atoms with Gasteiger partial charge in [0.25, 0.3) is 5.91 Å². The highest BCUT2D eigenvalue weighted by Crippen LogP contribution is 2.36. The van der Waals surface area contributed by atoms with E-state index in [1.165, 1.54) is 30.6 Å². The maximum atomic E-state index is 12.7. The van der Waals surface area contributed by atoms with E-state index in [4.69, 9.17) is 4.74 Å². The third kappa shape index (κ3) is 3.38. The lowest BCUT2D eigenvalue weighted by Crippen LogP contribution is -2.28. The number of methoxy groups -OCH3 is 1. The van der Waals surface area contributed by atoms with Crippen LogP contribution in [0.25, 0.3) is 10.1 Å². The highest BCUT2D eigenvalue weighted by Gasteiger charge is 2.30. The number of carbonyl (C=O) groups is 4. The number of fused-ring (bicyclic) bond motifs is 1. The molecule has 7 nitrogen and oxygen atoms in total. The molecule has 0 bridgehead atoms. The van der Waals surface area contributed by atoms with Gasteiger partial charge in [-0.25, -0.2) is 4.79 Å². The number of carbonyl (C=O) groups excluding carboxylic acids is 4. The van der Waals surface area contributed by atoms with Crippen molar-refractivity contribution in [3.05, 3.63) is 59.7 Å². The Bertz CT molecular complexity index is 1130. The van der Waals surface area contributed by atoms with E-state index < -0.39 is 11.9 Å². The minimum atomic E-state index is -0.529. The van der Waals surface area contributed by atoms with Crippen LogP contribution in [0.5, 0.6) is 0 Å². The number of thiophene rings is 1. The predicted octanol–water partition coefficient (Wildman–Crippen LogP) is 3.59. The van der Waals surface area contributed by atoms with Crippen molar-refractivity contribution in [1.82, 2.24) is 0 Å². The van der Waals surface area contributed by atoms with Crippen LogP contribution in [0.3, 0.4) is 0 Å². The number of imide groups is 1. The summed E-state index contributed by atoms with van der Waals surface area (Å²) in [5, 5.41) is 3.88. The van der Waals surface area contributed by atoms with Crippen LogP contribution in [0.1, 0.15) is 33.6 Å². The monoisotopic (exact) mass is 408 g/mol. The maximum absolute atomic E-state index is 12.7. The highest BCUT2D eigenvalue weighted by atomic mass is 32.1. The van der Waals surface area contributed by atoms with Crippen molar-refractivity contribution in [2.75, 3.05) is 17.3 Å². The molecule has 8 heteroatoms. The van der Waals surface area contributed by atoms with E-state index in [-0.39, 0.29) is 24.7 Å². The van der Waals surface area contributed by atoms with Crippen molar-refractivity contribution in [3.63, 3.8) is 0 Å². The zero-order valence-corrected chi connectivity index (χ0v) is 16.2. The fourth-order valence-corrected chi connectivity index (χ4v) is 4.33. The molecule has 146 valence electrons. The van der Waals surface area contributed by atoms with Crippen molar-refractivity contribution < 1.29 is 23.9 Å². The first kappa shape index (κ1) is 18.8. The van der Waals surface area contributed by atoms with Crippen molar-refractivity contribution in [2.45, 2.75) is 12.8 Å². The van der Waals surface area contributed by atoms with Crippen LogP contribution in [0.4, 0.5) is 10.7 Å². The molecule has 0 atom stereocenters. The smallest absolute Gasteiger partial charge is 0.341 e. The highest BCUT2D eigenvalue weighted by molar-refractivity contribution is 7.23. The van der Waals surface area contributed by atoms with Gasteiger partial charge < -0.3 is 10.1 Å². The van der Waals surface area contributed by atoms with Gasteiger partial charge in [0.15, 0.2) is 0 Å². The molecule has 4 rings (SSSR count). The zero-order chi connectivity index (χ0) is 20.5. The Hall–Kier alpha value is -3.52. The number of ether oxygens (including phenoxy) is 1. The molecule has 1 aromatic heterocycles. The van der Waals surface area contributed by atoms with E-state index in [1.807, 2.05) is 18.2 Å². The molecular weight excluding hydrogens is 392 g/mol. The fraction of sp³-hybridized carbons (Fsp3) is 0.143. The molecule has 3 amide bonds. The molecule has 0 unspecified atom stereocenters. The van der Waals surface area contributed by atoms with E-state index in [1.54, 1.807) is 18.2 Å². The van der Waals surface area contributed by atoms with Crippen LogP contribution in [0.2, 0.25) is 0 Å². The molecule has 0 spiro atoms. The van der Waals surface area contributed by atoms with Gasteiger partial charge in [-0.15, -0.1) is 11.3 Å². The van der Waals surface area contributed by atoms with Gasteiger partial charge in [0, 0.05) is 28.5 Å². The summed E-state index contributed by atoms with van der Waals surface area (Å²) < 4.78 is 5.72. The van der Waals surface area contributed by atoms with E-state index >= 15 is 0 Å². The van der Waals surface area contributed by atoms with Crippen molar-refractivity contribution in [2.24, 2.45) is 0 Å². The predicted molar refractivity (Wildman–Crippen MR) is 109 cm³/mol. The number of nitrogens with zero attached hydrogens (tertiary/aromatic N) is 1. The molecule has 1 aliphatic rings. The fourth-order valence-electron chi connectivity index (χ4n) is 3.24. The Kier molecular flexibility index (Phi) is 4.85. The number of hydrogen-bond donors (Lipinski definition) is 1. The van der Waals surface area contributed by atoms with Gasteiger partial charge in [0.05, 0.1) is 12.8 Å². The lowest BCUT2D eigenvalue weighted by atomic mass is 10.1. The molecular formula is C21H16N2O5S. The Labute approximate surface area is 169 Å². The lowest BCUT2D eigenvalue weighted by Gasteiger charge is -2.14. The van der Waals surface area contributed by atoms with Gasteiger partial charge >= 0.3 is 5.97 Å². The van der Waals surface area contributed by atoms with E-state index in [0.29, 0.717) is 27.2 Å². The normalized spacial score (nSPS) is 13.8. The first-order valence-electron chi connectivity index (χ1n) is 8.86. The summed E-state index contributed by atoms with van der Waals surface area (Å²) >= 11 is 1.28. The zero-order valence-electron chi connectivity index (χ0n) is 15.4. The topological polar surface area (TPSA) is 92.8 Å². The molecule has 1 fully saturated rings. The average Bonchev–Trinajstić information content (AvgIpc) is 3.26. The quantitative estimate of drug-likeness (QED) is 0.526. The van der Waals surface area contributed by atoms with Crippen LogP contribution in [0.15, 0.2) is 48.5 Å². The molecule has 0 radical (unpaired) electrons. The molecule has 0 saturated carbocycles. The van der Waals surface area contributed by atoms with Crippen molar-refractivity contribution in [3.8, 4) is 0 Å². The number of hydrogen-bond acceptors (Lipinski definition) is 6. The maximum Gasteiger partial charge on any atom is 0.341 e. The second kappa shape index (κ2) is 7.48. The first-order valence-corrected chi connectivity index (χ1v) is 9.68. The Morgan fingerprint density at radius 3 is 2.31 bits per heavy atom. The van der Waals surface area contributed by atoms with Crippen LogP contribution in [-0.4, -0.2) is 30.8 Å². The summed E-state index contributed by atoms with van der Waals surface area (Å²) in [6.45, 7) is 0. The van der Waals surface area contributed by atoms with Crippen LogP contribution >= 0.6 is 11.3 Å². The van der Waals surface area contributed by atoms with Crippen LogP contribution in [-0.2, 0) is 14.3 Å². The number of nitrogens with one attached hydrogen (secondary N) is 1. The second-order valence-corrected chi connectivity index (χ2v) is 7.47.